The van der Waals surface area contributed by atoms with Crippen LogP contribution in [0.5, 0.6) is 0 Å². The molecule has 0 unspecified atom stereocenters. The molecule has 1 heteroatoms. The highest BCUT2D eigenvalue weighted by molar-refractivity contribution is 6.92. The standard InChI is InChI=1S/C8H8.P/c1-2-8-6-4-3-5-7-8;/h2-7H,1H2;. The Morgan fingerprint density at radius 1 is 1.11 bits per heavy atom. The maximum Gasteiger partial charge on any atom is 0 e. The Labute approximate surface area is 59.2 Å². The molecule has 0 bridgehead atoms. The fourth-order valence-electron chi connectivity index (χ4n) is 0.589. The van der Waals surface area contributed by atoms with Gasteiger partial charge < -0.3 is 0 Å². The second kappa shape index (κ2) is 4.29. The lowest BCUT2D eigenvalue weighted by Crippen LogP contribution is -1.63. The lowest BCUT2D eigenvalue weighted by Gasteiger charge is -1.85. The van der Waals surface area contributed by atoms with Crippen molar-refractivity contribution in [3.8, 4) is 0 Å². The van der Waals surface area contributed by atoms with E-state index < -0.39 is 0 Å². The van der Waals surface area contributed by atoms with Crippen LogP contribution < -0.4 is 0 Å². The van der Waals surface area contributed by atoms with Crippen molar-refractivity contribution in [2.45, 2.75) is 0 Å². The van der Waals surface area contributed by atoms with E-state index in [1.54, 1.807) is 0 Å². The van der Waals surface area contributed by atoms with Crippen LogP contribution in [-0.2, 0) is 0 Å². The molecule has 0 aliphatic carbocycles. The van der Waals surface area contributed by atoms with Crippen molar-refractivity contribution >= 4 is 16.0 Å². The van der Waals surface area contributed by atoms with Gasteiger partial charge in [-0.15, -0.1) is 0 Å². The van der Waals surface area contributed by atoms with E-state index in [-0.39, 0.29) is 9.90 Å². The lowest BCUT2D eigenvalue weighted by molar-refractivity contribution is 1.67. The zero-order chi connectivity index (χ0) is 5.82. The summed E-state index contributed by atoms with van der Waals surface area (Å²) < 4.78 is 0. The largest absolute Gasteiger partial charge is 0.0985 e. The summed E-state index contributed by atoms with van der Waals surface area (Å²) in [5, 5.41) is 0. The molecule has 0 aliphatic heterocycles. The first-order valence-electron chi connectivity index (χ1n) is 2.61. The molecule has 0 heterocycles. The summed E-state index contributed by atoms with van der Waals surface area (Å²) in [5.41, 5.74) is 1.17. The highest BCUT2D eigenvalue weighted by Crippen LogP contribution is 1.97. The SMILES string of the molecule is C=Cc1ccccc1.[P]. The van der Waals surface area contributed by atoms with E-state index in [0.717, 1.165) is 0 Å². The summed E-state index contributed by atoms with van der Waals surface area (Å²) >= 11 is 0. The monoisotopic (exact) mass is 135 g/mol. The summed E-state index contributed by atoms with van der Waals surface area (Å²) in [6.07, 6.45) is 1.83. The summed E-state index contributed by atoms with van der Waals surface area (Å²) in [4.78, 5) is 0. The Kier molecular flexibility index (Phi) is 4.00. The van der Waals surface area contributed by atoms with Crippen LogP contribution in [0.4, 0.5) is 0 Å². The number of hydrogen-bond donors (Lipinski definition) is 0. The molecule has 0 spiro atoms. The van der Waals surface area contributed by atoms with Gasteiger partial charge in [0.1, 0.15) is 0 Å². The topological polar surface area (TPSA) is 0 Å². The van der Waals surface area contributed by atoms with Crippen molar-refractivity contribution in [3.05, 3.63) is 42.5 Å². The van der Waals surface area contributed by atoms with Crippen molar-refractivity contribution in [1.82, 2.24) is 0 Å². The number of hydrogen-bond acceptors (Lipinski definition) is 0. The van der Waals surface area contributed by atoms with Crippen LogP contribution in [-0.4, -0.2) is 0 Å². The van der Waals surface area contributed by atoms with E-state index in [2.05, 4.69) is 6.58 Å². The average molecular weight is 135 g/mol. The van der Waals surface area contributed by atoms with Gasteiger partial charge in [0.15, 0.2) is 0 Å². The van der Waals surface area contributed by atoms with Gasteiger partial charge in [-0.1, -0.05) is 43.0 Å². The van der Waals surface area contributed by atoms with Crippen molar-refractivity contribution in [3.63, 3.8) is 0 Å². The van der Waals surface area contributed by atoms with Crippen LogP contribution in [0.3, 0.4) is 0 Å². The first-order chi connectivity index (χ1) is 3.93. The highest BCUT2D eigenvalue weighted by atomic mass is 31.0. The second-order valence-electron chi connectivity index (χ2n) is 1.61. The maximum atomic E-state index is 3.63. The molecule has 0 amide bonds. The third-order valence-electron chi connectivity index (χ3n) is 1.04. The van der Waals surface area contributed by atoms with E-state index >= 15 is 0 Å². The minimum atomic E-state index is 0. The molecule has 1 rings (SSSR count). The minimum absolute atomic E-state index is 0. The molecule has 9 heavy (non-hydrogen) atoms. The summed E-state index contributed by atoms with van der Waals surface area (Å²) in [7, 11) is 0. The molecular formula is C8H8P. The van der Waals surface area contributed by atoms with Gasteiger partial charge in [-0.25, -0.2) is 0 Å². The zero-order valence-electron chi connectivity index (χ0n) is 5.12. The Bertz CT molecular complexity index is 167. The Hall–Kier alpha value is -0.610. The average Bonchev–Trinajstić information content (AvgIpc) is 1.90. The van der Waals surface area contributed by atoms with Gasteiger partial charge in [-0.2, -0.15) is 0 Å². The summed E-state index contributed by atoms with van der Waals surface area (Å²) in [5.74, 6) is 0. The Morgan fingerprint density at radius 2 is 1.67 bits per heavy atom. The van der Waals surface area contributed by atoms with Gasteiger partial charge in [-0.3, -0.25) is 0 Å². The van der Waals surface area contributed by atoms with Crippen LogP contribution >= 0.6 is 9.90 Å². The van der Waals surface area contributed by atoms with E-state index in [0.29, 0.717) is 0 Å². The molecule has 1 aromatic rings. The van der Waals surface area contributed by atoms with Crippen LogP contribution in [0, 0.1) is 0 Å². The molecule has 0 fully saturated rings. The minimum Gasteiger partial charge on any atom is -0.0985 e. The van der Waals surface area contributed by atoms with Crippen LogP contribution in [0.15, 0.2) is 36.9 Å². The van der Waals surface area contributed by atoms with Gasteiger partial charge in [0, 0.05) is 9.90 Å². The summed E-state index contributed by atoms with van der Waals surface area (Å²) in [6.45, 7) is 3.63. The van der Waals surface area contributed by atoms with E-state index in [4.69, 9.17) is 0 Å². The second-order valence-corrected chi connectivity index (χ2v) is 1.61. The molecule has 0 aromatic heterocycles. The van der Waals surface area contributed by atoms with Gasteiger partial charge in [0.2, 0.25) is 0 Å². The van der Waals surface area contributed by atoms with E-state index in [1.807, 2.05) is 36.4 Å². The predicted molar refractivity (Wildman–Crippen MR) is 43.5 cm³/mol. The lowest BCUT2D eigenvalue weighted by atomic mass is 10.2. The zero-order valence-corrected chi connectivity index (χ0v) is 6.01. The van der Waals surface area contributed by atoms with Crippen molar-refractivity contribution in [2.24, 2.45) is 0 Å². The quantitative estimate of drug-likeness (QED) is 0.519. The molecular weight excluding hydrogens is 127 g/mol. The fourth-order valence-corrected chi connectivity index (χ4v) is 0.589. The smallest absolute Gasteiger partial charge is 0 e. The number of rotatable bonds is 1. The van der Waals surface area contributed by atoms with E-state index in [9.17, 15) is 0 Å². The normalized spacial score (nSPS) is 7.56. The number of benzene rings is 1. The molecule has 0 N–H and O–H groups in total. The van der Waals surface area contributed by atoms with Gasteiger partial charge in [0.05, 0.1) is 0 Å². The van der Waals surface area contributed by atoms with Crippen LogP contribution in [0.2, 0.25) is 0 Å². The van der Waals surface area contributed by atoms with E-state index in [1.165, 1.54) is 5.56 Å². The Morgan fingerprint density at radius 3 is 2.00 bits per heavy atom. The molecule has 0 saturated carbocycles. The molecule has 45 valence electrons. The molecule has 0 nitrogen and oxygen atoms in total. The third kappa shape index (κ3) is 2.43. The third-order valence-corrected chi connectivity index (χ3v) is 1.04. The first kappa shape index (κ1) is 8.39. The molecule has 1 aromatic carbocycles. The predicted octanol–water partition coefficient (Wildman–Crippen LogP) is 3.19. The highest BCUT2D eigenvalue weighted by Gasteiger charge is 1.75. The molecule has 0 saturated heterocycles. The maximum absolute atomic E-state index is 3.63. The first-order valence-corrected chi connectivity index (χ1v) is 2.61. The van der Waals surface area contributed by atoms with Crippen LogP contribution in [0.1, 0.15) is 5.56 Å². The summed E-state index contributed by atoms with van der Waals surface area (Å²) in [6, 6.07) is 10.0. The molecule has 0 atom stereocenters. The van der Waals surface area contributed by atoms with Gasteiger partial charge >= 0.3 is 0 Å². The van der Waals surface area contributed by atoms with Gasteiger partial charge in [-0.05, 0) is 5.56 Å². The van der Waals surface area contributed by atoms with Crippen LogP contribution in [0.25, 0.3) is 6.08 Å². The fraction of sp³-hybridized carbons (Fsp3) is 0. The molecule has 0 aliphatic rings. The van der Waals surface area contributed by atoms with Gasteiger partial charge in [0.25, 0.3) is 0 Å². The van der Waals surface area contributed by atoms with Crippen molar-refractivity contribution < 1.29 is 0 Å². The van der Waals surface area contributed by atoms with Crippen molar-refractivity contribution in [2.75, 3.05) is 0 Å². The Balaban J connectivity index is 0.000000640. The molecule has 3 radical (unpaired) electrons. The van der Waals surface area contributed by atoms with Crippen molar-refractivity contribution in [1.29, 1.82) is 0 Å².